The highest BCUT2D eigenvalue weighted by Crippen LogP contribution is 2.15. The first-order valence-electron chi connectivity index (χ1n) is 4.78. The second kappa shape index (κ2) is 4.13. The van der Waals surface area contributed by atoms with Gasteiger partial charge in [-0.1, -0.05) is 28.1 Å². The van der Waals surface area contributed by atoms with Crippen molar-refractivity contribution in [2.24, 2.45) is 0 Å². The summed E-state index contributed by atoms with van der Waals surface area (Å²) in [7, 11) is 0. The average Bonchev–Trinajstić information content (AvgIpc) is 2.56. The predicted molar refractivity (Wildman–Crippen MR) is 59.0 cm³/mol. The Kier molecular flexibility index (Phi) is 2.87. The first kappa shape index (κ1) is 9.71. The summed E-state index contributed by atoms with van der Waals surface area (Å²) in [5, 5.41) is 2.97. The van der Waals surface area contributed by atoms with Crippen molar-refractivity contribution < 1.29 is 4.79 Å². The molecule has 1 heterocycles. The zero-order chi connectivity index (χ0) is 9.97. The summed E-state index contributed by atoms with van der Waals surface area (Å²) in [6.07, 6.45) is 2.59. The largest absolute Gasteiger partial charge is 0.353 e. The van der Waals surface area contributed by atoms with E-state index in [-0.39, 0.29) is 5.91 Å². The lowest BCUT2D eigenvalue weighted by atomic mass is 10.1. The van der Waals surface area contributed by atoms with Crippen LogP contribution in [0.25, 0.3) is 0 Å². The van der Waals surface area contributed by atoms with Crippen LogP contribution in [0.4, 0.5) is 0 Å². The zero-order valence-electron chi connectivity index (χ0n) is 7.79. The van der Waals surface area contributed by atoms with Gasteiger partial charge in [-0.3, -0.25) is 4.79 Å². The minimum Gasteiger partial charge on any atom is -0.353 e. The molecule has 2 nitrogen and oxygen atoms in total. The van der Waals surface area contributed by atoms with Crippen molar-refractivity contribution >= 4 is 21.8 Å². The maximum Gasteiger partial charge on any atom is 0.220 e. The van der Waals surface area contributed by atoms with E-state index < -0.39 is 0 Å². The van der Waals surface area contributed by atoms with Crippen molar-refractivity contribution in [2.75, 3.05) is 0 Å². The topological polar surface area (TPSA) is 29.1 Å². The molecule has 0 radical (unpaired) electrons. The molecule has 1 atom stereocenters. The van der Waals surface area contributed by atoms with E-state index in [0.29, 0.717) is 12.5 Å². The molecule has 74 valence electrons. The molecular weight excluding hydrogens is 242 g/mol. The fourth-order valence-electron chi connectivity index (χ4n) is 1.74. The summed E-state index contributed by atoms with van der Waals surface area (Å²) >= 11 is 3.40. The molecule has 1 unspecified atom stereocenters. The SMILES string of the molecule is O=C1CCC(Cc2ccc(Br)cc2)N1. The standard InChI is InChI=1S/C11H12BrNO/c12-9-3-1-8(2-4-9)7-10-5-6-11(14)13-10/h1-4,10H,5-7H2,(H,13,14). The quantitative estimate of drug-likeness (QED) is 0.861. The molecule has 1 fully saturated rings. The third-order valence-electron chi connectivity index (χ3n) is 2.48. The van der Waals surface area contributed by atoms with E-state index in [9.17, 15) is 4.79 Å². The maximum atomic E-state index is 11.0. The highest BCUT2D eigenvalue weighted by atomic mass is 79.9. The van der Waals surface area contributed by atoms with E-state index in [2.05, 4.69) is 33.4 Å². The Morgan fingerprint density at radius 3 is 2.64 bits per heavy atom. The Labute approximate surface area is 91.8 Å². The molecule has 3 heteroatoms. The number of amides is 1. The van der Waals surface area contributed by atoms with E-state index >= 15 is 0 Å². The van der Waals surface area contributed by atoms with Crippen LogP contribution in [0.15, 0.2) is 28.7 Å². The molecule has 1 aliphatic rings. The van der Waals surface area contributed by atoms with Crippen LogP contribution in [0.5, 0.6) is 0 Å². The number of hydrogen-bond acceptors (Lipinski definition) is 1. The number of hydrogen-bond donors (Lipinski definition) is 1. The van der Waals surface area contributed by atoms with E-state index in [1.807, 2.05) is 12.1 Å². The molecule has 0 aliphatic carbocycles. The summed E-state index contributed by atoms with van der Waals surface area (Å²) in [4.78, 5) is 11.0. The average molecular weight is 254 g/mol. The van der Waals surface area contributed by atoms with Gasteiger partial charge in [-0.25, -0.2) is 0 Å². The van der Waals surface area contributed by atoms with E-state index in [0.717, 1.165) is 17.3 Å². The first-order valence-corrected chi connectivity index (χ1v) is 5.57. The molecule has 14 heavy (non-hydrogen) atoms. The van der Waals surface area contributed by atoms with E-state index in [4.69, 9.17) is 0 Å². The lowest BCUT2D eigenvalue weighted by molar-refractivity contribution is -0.119. The Balaban J connectivity index is 1.97. The normalized spacial score (nSPS) is 20.9. The van der Waals surface area contributed by atoms with Crippen molar-refractivity contribution in [3.05, 3.63) is 34.3 Å². The van der Waals surface area contributed by atoms with Gasteiger partial charge in [0.05, 0.1) is 0 Å². The van der Waals surface area contributed by atoms with Crippen LogP contribution in [0.2, 0.25) is 0 Å². The minimum absolute atomic E-state index is 0.187. The Bertz CT molecular complexity index is 334. The van der Waals surface area contributed by atoms with Gasteiger partial charge in [0.15, 0.2) is 0 Å². The van der Waals surface area contributed by atoms with Gasteiger partial charge in [0, 0.05) is 16.9 Å². The van der Waals surface area contributed by atoms with Crippen LogP contribution in [-0.4, -0.2) is 11.9 Å². The predicted octanol–water partition coefficient (Wildman–Crippen LogP) is 2.27. The summed E-state index contributed by atoms with van der Waals surface area (Å²) in [6, 6.07) is 8.59. The summed E-state index contributed by atoms with van der Waals surface area (Å²) < 4.78 is 1.09. The van der Waals surface area contributed by atoms with Crippen molar-refractivity contribution in [1.29, 1.82) is 0 Å². The highest BCUT2D eigenvalue weighted by molar-refractivity contribution is 9.10. The molecule has 0 bridgehead atoms. The molecule has 1 aromatic rings. The smallest absolute Gasteiger partial charge is 0.220 e. The van der Waals surface area contributed by atoms with Crippen LogP contribution in [0.1, 0.15) is 18.4 Å². The Morgan fingerprint density at radius 1 is 1.36 bits per heavy atom. The number of halogens is 1. The van der Waals surface area contributed by atoms with Gasteiger partial charge in [-0.05, 0) is 30.5 Å². The summed E-state index contributed by atoms with van der Waals surface area (Å²) in [6.45, 7) is 0. The molecule has 1 aromatic carbocycles. The second-order valence-electron chi connectivity index (χ2n) is 3.63. The second-order valence-corrected chi connectivity index (χ2v) is 4.55. The van der Waals surface area contributed by atoms with Gasteiger partial charge in [0.25, 0.3) is 0 Å². The van der Waals surface area contributed by atoms with Crippen LogP contribution in [0.3, 0.4) is 0 Å². The Morgan fingerprint density at radius 2 is 2.07 bits per heavy atom. The molecule has 0 spiro atoms. The molecule has 1 N–H and O–H groups in total. The van der Waals surface area contributed by atoms with Gasteiger partial charge < -0.3 is 5.32 Å². The van der Waals surface area contributed by atoms with Crippen molar-refractivity contribution in [3.8, 4) is 0 Å². The number of rotatable bonds is 2. The van der Waals surface area contributed by atoms with Gasteiger partial charge in [-0.15, -0.1) is 0 Å². The number of benzene rings is 1. The first-order chi connectivity index (χ1) is 6.74. The molecule has 0 saturated carbocycles. The fraction of sp³-hybridized carbons (Fsp3) is 0.364. The molecule has 0 aromatic heterocycles. The lowest BCUT2D eigenvalue weighted by Crippen LogP contribution is -2.27. The van der Waals surface area contributed by atoms with Crippen molar-refractivity contribution in [2.45, 2.75) is 25.3 Å². The number of carbonyl (C=O) groups is 1. The lowest BCUT2D eigenvalue weighted by Gasteiger charge is -2.09. The van der Waals surface area contributed by atoms with Gasteiger partial charge in [-0.2, -0.15) is 0 Å². The van der Waals surface area contributed by atoms with E-state index in [1.165, 1.54) is 5.56 Å². The molecule has 1 saturated heterocycles. The maximum absolute atomic E-state index is 11.0. The van der Waals surface area contributed by atoms with Gasteiger partial charge in [0.1, 0.15) is 0 Å². The fourth-order valence-corrected chi connectivity index (χ4v) is 2.00. The zero-order valence-corrected chi connectivity index (χ0v) is 9.38. The minimum atomic E-state index is 0.187. The highest BCUT2D eigenvalue weighted by Gasteiger charge is 2.20. The molecular formula is C11H12BrNO. The van der Waals surface area contributed by atoms with Crippen molar-refractivity contribution in [3.63, 3.8) is 0 Å². The van der Waals surface area contributed by atoms with Crippen molar-refractivity contribution in [1.82, 2.24) is 5.32 Å². The number of carbonyl (C=O) groups excluding carboxylic acids is 1. The Hall–Kier alpha value is -0.830. The van der Waals surface area contributed by atoms with Gasteiger partial charge >= 0.3 is 0 Å². The monoisotopic (exact) mass is 253 g/mol. The van der Waals surface area contributed by atoms with E-state index in [1.54, 1.807) is 0 Å². The summed E-state index contributed by atoms with van der Waals surface area (Å²) in [5.74, 6) is 0.187. The molecule has 2 rings (SSSR count). The van der Waals surface area contributed by atoms with Crippen LogP contribution in [-0.2, 0) is 11.2 Å². The summed E-state index contributed by atoms with van der Waals surface area (Å²) in [5.41, 5.74) is 1.28. The third kappa shape index (κ3) is 2.35. The number of nitrogens with one attached hydrogen (secondary N) is 1. The van der Waals surface area contributed by atoms with Gasteiger partial charge in [0.2, 0.25) is 5.91 Å². The van der Waals surface area contributed by atoms with Crippen LogP contribution in [0, 0.1) is 0 Å². The van der Waals surface area contributed by atoms with Crippen LogP contribution >= 0.6 is 15.9 Å². The molecule has 1 amide bonds. The molecule has 1 aliphatic heterocycles. The third-order valence-corrected chi connectivity index (χ3v) is 3.01. The van der Waals surface area contributed by atoms with Crippen LogP contribution < -0.4 is 5.32 Å².